The SMILES string of the molecule is CCOC(=O)c1cccc(-n2cc(-c3ccc(C)o3)[nH]c2=S)c1. The maximum absolute atomic E-state index is 11.9. The molecule has 0 radical (unpaired) electrons. The van der Waals surface area contributed by atoms with Crippen molar-refractivity contribution in [2.24, 2.45) is 0 Å². The van der Waals surface area contributed by atoms with Crippen molar-refractivity contribution in [3.63, 3.8) is 0 Å². The summed E-state index contributed by atoms with van der Waals surface area (Å²) in [6, 6.07) is 10.9. The van der Waals surface area contributed by atoms with Crippen molar-refractivity contribution >= 4 is 18.2 Å². The standard InChI is InChI=1S/C17H16N2O3S/c1-3-21-16(20)12-5-4-6-13(9-12)19-10-14(18-17(19)23)15-8-7-11(2)22-15/h4-10H,3H2,1-2H3,(H,18,23). The molecule has 0 unspecified atom stereocenters. The number of aromatic amines is 1. The van der Waals surface area contributed by atoms with Crippen LogP contribution in [0.4, 0.5) is 0 Å². The van der Waals surface area contributed by atoms with Gasteiger partial charge in [0, 0.05) is 11.9 Å². The molecule has 0 saturated heterocycles. The zero-order valence-electron chi connectivity index (χ0n) is 12.8. The van der Waals surface area contributed by atoms with Crippen LogP contribution < -0.4 is 0 Å². The number of carbonyl (C=O) groups excluding carboxylic acids is 1. The Morgan fingerprint density at radius 3 is 2.87 bits per heavy atom. The molecule has 0 fully saturated rings. The normalized spacial score (nSPS) is 10.7. The highest BCUT2D eigenvalue weighted by Crippen LogP contribution is 2.22. The van der Waals surface area contributed by atoms with Gasteiger partial charge in [0.2, 0.25) is 0 Å². The summed E-state index contributed by atoms with van der Waals surface area (Å²) in [4.78, 5) is 15.0. The highest BCUT2D eigenvalue weighted by molar-refractivity contribution is 7.71. The molecule has 5 nitrogen and oxygen atoms in total. The van der Waals surface area contributed by atoms with Gasteiger partial charge in [-0.25, -0.2) is 4.79 Å². The lowest BCUT2D eigenvalue weighted by Crippen LogP contribution is -2.05. The molecule has 23 heavy (non-hydrogen) atoms. The molecule has 0 saturated carbocycles. The number of ether oxygens (including phenoxy) is 1. The van der Waals surface area contributed by atoms with Crippen LogP contribution in [0, 0.1) is 11.7 Å². The minimum Gasteiger partial charge on any atom is -0.462 e. The molecule has 3 aromatic rings. The molecule has 0 aliphatic rings. The average molecular weight is 328 g/mol. The quantitative estimate of drug-likeness (QED) is 0.573. The van der Waals surface area contributed by atoms with Crippen LogP contribution in [-0.2, 0) is 4.74 Å². The number of aromatic nitrogens is 2. The van der Waals surface area contributed by atoms with Gasteiger partial charge < -0.3 is 14.1 Å². The van der Waals surface area contributed by atoms with Crippen molar-refractivity contribution in [1.29, 1.82) is 0 Å². The topological polar surface area (TPSA) is 60.2 Å². The maximum Gasteiger partial charge on any atom is 0.338 e. The van der Waals surface area contributed by atoms with Gasteiger partial charge >= 0.3 is 5.97 Å². The number of nitrogens with one attached hydrogen (secondary N) is 1. The molecule has 0 aliphatic carbocycles. The number of aryl methyl sites for hydroxylation is 1. The fourth-order valence-corrected chi connectivity index (χ4v) is 2.56. The third kappa shape index (κ3) is 3.12. The van der Waals surface area contributed by atoms with Gasteiger partial charge in [-0.15, -0.1) is 0 Å². The minimum absolute atomic E-state index is 0.342. The van der Waals surface area contributed by atoms with E-state index in [1.807, 2.05) is 31.3 Å². The molecule has 118 valence electrons. The number of imidazole rings is 1. The number of hydrogen-bond donors (Lipinski definition) is 1. The first-order chi connectivity index (χ1) is 11.1. The lowest BCUT2D eigenvalue weighted by molar-refractivity contribution is 0.0526. The predicted octanol–water partition coefficient (Wildman–Crippen LogP) is 4.28. The van der Waals surface area contributed by atoms with Crippen LogP contribution in [-0.4, -0.2) is 22.1 Å². The summed E-state index contributed by atoms with van der Waals surface area (Å²) >= 11 is 5.37. The summed E-state index contributed by atoms with van der Waals surface area (Å²) in [5.74, 6) is 1.20. The molecule has 3 rings (SSSR count). The number of hydrogen-bond acceptors (Lipinski definition) is 4. The number of H-pyrrole nitrogens is 1. The fraction of sp³-hybridized carbons (Fsp3) is 0.176. The Labute approximate surface area is 138 Å². The van der Waals surface area contributed by atoms with Gasteiger partial charge in [-0.3, -0.25) is 4.57 Å². The van der Waals surface area contributed by atoms with Gasteiger partial charge in [-0.05, 0) is 56.4 Å². The minimum atomic E-state index is -0.349. The van der Waals surface area contributed by atoms with Crippen molar-refractivity contribution < 1.29 is 13.9 Å². The van der Waals surface area contributed by atoms with Crippen LogP contribution in [0.25, 0.3) is 17.1 Å². The van der Waals surface area contributed by atoms with Crippen molar-refractivity contribution in [2.45, 2.75) is 13.8 Å². The van der Waals surface area contributed by atoms with Gasteiger partial charge in [0.05, 0.1) is 12.2 Å². The Morgan fingerprint density at radius 1 is 1.35 bits per heavy atom. The highest BCUT2D eigenvalue weighted by Gasteiger charge is 2.11. The second kappa shape index (κ2) is 6.26. The third-order valence-electron chi connectivity index (χ3n) is 3.36. The Morgan fingerprint density at radius 2 is 2.17 bits per heavy atom. The summed E-state index contributed by atoms with van der Waals surface area (Å²) in [5, 5.41) is 0. The van der Waals surface area contributed by atoms with Gasteiger partial charge in [-0.1, -0.05) is 6.07 Å². The van der Waals surface area contributed by atoms with Gasteiger partial charge in [0.25, 0.3) is 0 Å². The molecule has 2 aromatic heterocycles. The Bertz CT molecular complexity index is 904. The fourth-order valence-electron chi connectivity index (χ4n) is 2.29. The summed E-state index contributed by atoms with van der Waals surface area (Å²) in [6.45, 7) is 4.01. The Balaban J connectivity index is 1.99. The molecule has 0 atom stereocenters. The van der Waals surface area contributed by atoms with E-state index in [1.54, 1.807) is 29.7 Å². The first-order valence-electron chi connectivity index (χ1n) is 7.24. The smallest absolute Gasteiger partial charge is 0.338 e. The number of nitrogens with zero attached hydrogens (tertiary/aromatic N) is 1. The van der Waals surface area contributed by atoms with E-state index < -0.39 is 0 Å². The number of esters is 1. The van der Waals surface area contributed by atoms with E-state index in [1.165, 1.54) is 0 Å². The first kappa shape index (κ1) is 15.3. The van der Waals surface area contributed by atoms with Crippen LogP contribution in [0.2, 0.25) is 0 Å². The van der Waals surface area contributed by atoms with E-state index in [-0.39, 0.29) is 5.97 Å². The second-order valence-electron chi connectivity index (χ2n) is 5.02. The lowest BCUT2D eigenvalue weighted by atomic mass is 10.2. The number of rotatable bonds is 4. The van der Waals surface area contributed by atoms with Crippen molar-refractivity contribution in [3.05, 3.63) is 58.7 Å². The molecule has 6 heteroatoms. The first-order valence-corrected chi connectivity index (χ1v) is 7.65. The zero-order chi connectivity index (χ0) is 16.4. The molecule has 1 N–H and O–H groups in total. The van der Waals surface area contributed by atoms with Crippen LogP contribution in [0.3, 0.4) is 0 Å². The summed E-state index contributed by atoms with van der Waals surface area (Å²) in [5.41, 5.74) is 2.05. The van der Waals surface area contributed by atoms with Gasteiger partial charge in [-0.2, -0.15) is 0 Å². The van der Waals surface area contributed by atoms with Crippen LogP contribution in [0.1, 0.15) is 23.0 Å². The van der Waals surface area contributed by atoms with Gasteiger partial charge in [0.1, 0.15) is 11.5 Å². The predicted molar refractivity (Wildman–Crippen MR) is 89.3 cm³/mol. The van der Waals surface area contributed by atoms with Crippen LogP contribution in [0.5, 0.6) is 0 Å². The highest BCUT2D eigenvalue weighted by atomic mass is 32.1. The van der Waals surface area contributed by atoms with E-state index in [0.29, 0.717) is 22.7 Å². The van der Waals surface area contributed by atoms with Crippen molar-refractivity contribution in [1.82, 2.24) is 9.55 Å². The maximum atomic E-state index is 11.9. The van der Waals surface area contributed by atoms with E-state index in [9.17, 15) is 4.79 Å². The average Bonchev–Trinajstić information content (AvgIpc) is 3.13. The van der Waals surface area contributed by atoms with Crippen LogP contribution in [0.15, 0.2) is 47.0 Å². The molecule has 0 amide bonds. The Kier molecular flexibility index (Phi) is 4.16. The van der Waals surface area contributed by atoms with E-state index in [2.05, 4.69) is 4.98 Å². The summed E-state index contributed by atoms with van der Waals surface area (Å²) in [6.07, 6.45) is 1.85. The summed E-state index contributed by atoms with van der Waals surface area (Å²) < 4.78 is 13.0. The van der Waals surface area contributed by atoms with Crippen molar-refractivity contribution in [2.75, 3.05) is 6.61 Å². The Hall–Kier alpha value is -2.60. The van der Waals surface area contributed by atoms with Gasteiger partial charge in [0.15, 0.2) is 10.5 Å². The van der Waals surface area contributed by atoms with E-state index >= 15 is 0 Å². The van der Waals surface area contributed by atoms with E-state index in [0.717, 1.165) is 17.1 Å². The lowest BCUT2D eigenvalue weighted by Gasteiger charge is -2.05. The number of carbonyl (C=O) groups is 1. The second-order valence-corrected chi connectivity index (χ2v) is 5.41. The summed E-state index contributed by atoms with van der Waals surface area (Å²) in [7, 11) is 0. The molecular weight excluding hydrogens is 312 g/mol. The molecular formula is C17H16N2O3S. The monoisotopic (exact) mass is 328 g/mol. The molecule has 1 aromatic carbocycles. The largest absolute Gasteiger partial charge is 0.462 e. The van der Waals surface area contributed by atoms with E-state index in [4.69, 9.17) is 21.4 Å². The van der Waals surface area contributed by atoms with Crippen molar-refractivity contribution in [3.8, 4) is 17.1 Å². The molecule has 2 heterocycles. The number of furan rings is 1. The molecule has 0 bridgehead atoms. The van der Waals surface area contributed by atoms with Crippen LogP contribution >= 0.6 is 12.2 Å². The molecule has 0 aliphatic heterocycles. The molecule has 0 spiro atoms. The zero-order valence-corrected chi connectivity index (χ0v) is 13.6. The third-order valence-corrected chi connectivity index (χ3v) is 3.66. The number of benzene rings is 1.